The fraction of sp³-hybridized carbons (Fsp3) is 0.714. The van der Waals surface area contributed by atoms with Gasteiger partial charge in [0, 0.05) is 18.8 Å². The lowest BCUT2D eigenvalue weighted by molar-refractivity contribution is -0.304. The standard InChI is InChI=1S/C7H12O3/c1-2-3-4-6(8)5-7(9)10/h2-5H2,1H3,(H,9,10)/p-1. The number of Topliss-reactive ketones (excluding diaryl/α,β-unsaturated/α-hetero) is 1. The van der Waals surface area contributed by atoms with Gasteiger partial charge in [-0.2, -0.15) is 0 Å². The molecule has 0 aliphatic rings. The Labute approximate surface area is 60.0 Å². The van der Waals surface area contributed by atoms with Gasteiger partial charge >= 0.3 is 0 Å². The van der Waals surface area contributed by atoms with Crippen LogP contribution in [-0.4, -0.2) is 11.8 Å². The van der Waals surface area contributed by atoms with Gasteiger partial charge in [-0.05, 0) is 6.42 Å². The van der Waals surface area contributed by atoms with Crippen LogP contribution < -0.4 is 5.11 Å². The molecule has 0 fully saturated rings. The van der Waals surface area contributed by atoms with Crippen molar-refractivity contribution in [2.75, 3.05) is 0 Å². The minimum atomic E-state index is -1.28. The molecule has 10 heavy (non-hydrogen) atoms. The maximum absolute atomic E-state index is 10.6. The Morgan fingerprint density at radius 1 is 1.40 bits per heavy atom. The topological polar surface area (TPSA) is 57.2 Å². The first-order valence-electron chi connectivity index (χ1n) is 3.38. The van der Waals surface area contributed by atoms with E-state index in [9.17, 15) is 14.7 Å². The Morgan fingerprint density at radius 2 is 2.00 bits per heavy atom. The predicted octanol–water partition coefficient (Wildman–Crippen LogP) is -0.114. The van der Waals surface area contributed by atoms with Gasteiger partial charge in [-0.15, -0.1) is 0 Å². The highest BCUT2D eigenvalue weighted by atomic mass is 16.4. The van der Waals surface area contributed by atoms with Crippen LogP contribution >= 0.6 is 0 Å². The molecule has 0 aliphatic heterocycles. The number of unbranched alkanes of at least 4 members (excludes halogenated alkanes) is 1. The minimum absolute atomic E-state index is 0.234. The zero-order valence-electron chi connectivity index (χ0n) is 6.05. The van der Waals surface area contributed by atoms with Crippen molar-refractivity contribution in [3.8, 4) is 0 Å². The minimum Gasteiger partial charge on any atom is -0.550 e. The number of carboxylic acids is 1. The summed E-state index contributed by atoms with van der Waals surface area (Å²) in [5.41, 5.74) is 0. The van der Waals surface area contributed by atoms with Gasteiger partial charge in [0.15, 0.2) is 0 Å². The molecule has 0 unspecified atom stereocenters. The number of hydrogen-bond donors (Lipinski definition) is 0. The average molecular weight is 143 g/mol. The van der Waals surface area contributed by atoms with Gasteiger partial charge in [0.05, 0.1) is 0 Å². The maximum Gasteiger partial charge on any atom is 0.138 e. The second-order valence-electron chi connectivity index (χ2n) is 2.19. The van der Waals surface area contributed by atoms with E-state index in [0.717, 1.165) is 12.8 Å². The quantitative estimate of drug-likeness (QED) is 0.504. The molecule has 0 bridgehead atoms. The molecule has 0 rings (SSSR count). The van der Waals surface area contributed by atoms with Crippen molar-refractivity contribution in [3.05, 3.63) is 0 Å². The SMILES string of the molecule is CCCCC(=O)CC(=O)[O-]. The van der Waals surface area contributed by atoms with Crippen molar-refractivity contribution in [2.24, 2.45) is 0 Å². The molecule has 58 valence electrons. The van der Waals surface area contributed by atoms with Crippen molar-refractivity contribution in [3.63, 3.8) is 0 Å². The van der Waals surface area contributed by atoms with Crippen LogP contribution in [0.4, 0.5) is 0 Å². The van der Waals surface area contributed by atoms with E-state index in [1.165, 1.54) is 0 Å². The van der Waals surface area contributed by atoms with Gasteiger partial charge in [-0.25, -0.2) is 0 Å². The zero-order chi connectivity index (χ0) is 7.98. The summed E-state index contributed by atoms with van der Waals surface area (Å²) >= 11 is 0. The van der Waals surface area contributed by atoms with Crippen molar-refractivity contribution in [1.29, 1.82) is 0 Å². The number of rotatable bonds is 5. The number of ketones is 1. The van der Waals surface area contributed by atoms with E-state index in [1.807, 2.05) is 6.92 Å². The number of aliphatic carboxylic acids is 1. The highest BCUT2D eigenvalue weighted by Crippen LogP contribution is 1.97. The molecule has 0 aromatic rings. The number of carboxylic acid groups (broad SMARTS) is 1. The van der Waals surface area contributed by atoms with E-state index >= 15 is 0 Å². The first-order chi connectivity index (χ1) is 4.66. The molecule has 3 heteroatoms. The summed E-state index contributed by atoms with van der Waals surface area (Å²) in [6, 6.07) is 0. The van der Waals surface area contributed by atoms with Gasteiger partial charge < -0.3 is 9.90 Å². The smallest absolute Gasteiger partial charge is 0.138 e. The summed E-state index contributed by atoms with van der Waals surface area (Å²) in [6.07, 6.45) is 1.62. The number of carbonyl (C=O) groups is 2. The fourth-order valence-electron chi connectivity index (χ4n) is 0.623. The molecule has 0 aliphatic carbocycles. The molecule has 0 heterocycles. The van der Waals surface area contributed by atoms with Crippen molar-refractivity contribution >= 4 is 11.8 Å². The summed E-state index contributed by atoms with van der Waals surface area (Å²) in [4.78, 5) is 20.4. The second kappa shape index (κ2) is 4.97. The van der Waals surface area contributed by atoms with Crippen LogP contribution in [0.2, 0.25) is 0 Å². The molecular weight excluding hydrogens is 132 g/mol. The van der Waals surface area contributed by atoms with Gasteiger partial charge in [-0.3, -0.25) is 4.79 Å². The van der Waals surface area contributed by atoms with Crippen molar-refractivity contribution < 1.29 is 14.7 Å². The lowest BCUT2D eigenvalue weighted by atomic mass is 10.1. The Kier molecular flexibility index (Phi) is 4.54. The van der Waals surface area contributed by atoms with Crippen LogP contribution in [0.25, 0.3) is 0 Å². The van der Waals surface area contributed by atoms with E-state index < -0.39 is 12.4 Å². The molecule has 0 spiro atoms. The third-order valence-corrected chi connectivity index (χ3v) is 1.15. The van der Waals surface area contributed by atoms with Crippen LogP contribution in [0.3, 0.4) is 0 Å². The molecule has 0 N–H and O–H groups in total. The summed E-state index contributed by atoms with van der Waals surface area (Å²) in [5, 5.41) is 9.84. The first kappa shape index (κ1) is 9.14. The Bertz CT molecular complexity index is 129. The average Bonchev–Trinajstić information content (AvgIpc) is 1.82. The van der Waals surface area contributed by atoms with E-state index in [2.05, 4.69) is 0 Å². The highest BCUT2D eigenvalue weighted by molar-refractivity contribution is 5.93. The number of carbonyl (C=O) groups excluding carboxylic acids is 2. The summed E-state index contributed by atoms with van der Waals surface area (Å²) in [5.74, 6) is -1.51. The summed E-state index contributed by atoms with van der Waals surface area (Å²) < 4.78 is 0. The van der Waals surface area contributed by atoms with Crippen LogP contribution in [0.15, 0.2) is 0 Å². The Hall–Kier alpha value is -0.860. The molecule has 0 aromatic heterocycles. The van der Waals surface area contributed by atoms with Gasteiger partial charge in [0.25, 0.3) is 0 Å². The van der Waals surface area contributed by atoms with E-state index in [-0.39, 0.29) is 5.78 Å². The van der Waals surface area contributed by atoms with E-state index in [4.69, 9.17) is 0 Å². The van der Waals surface area contributed by atoms with Gasteiger partial charge in [-0.1, -0.05) is 13.3 Å². The van der Waals surface area contributed by atoms with Crippen LogP contribution in [0, 0.1) is 0 Å². The molecule has 0 saturated heterocycles. The summed E-state index contributed by atoms with van der Waals surface area (Å²) in [7, 11) is 0. The van der Waals surface area contributed by atoms with Crippen molar-refractivity contribution in [1.82, 2.24) is 0 Å². The highest BCUT2D eigenvalue weighted by Gasteiger charge is 1.99. The predicted molar refractivity (Wildman–Crippen MR) is 34.2 cm³/mol. The van der Waals surface area contributed by atoms with Gasteiger partial charge in [0.2, 0.25) is 0 Å². The number of hydrogen-bond acceptors (Lipinski definition) is 3. The lowest BCUT2D eigenvalue weighted by Gasteiger charge is -1.98. The largest absolute Gasteiger partial charge is 0.550 e. The normalized spacial score (nSPS) is 9.30. The fourth-order valence-corrected chi connectivity index (χ4v) is 0.623. The zero-order valence-corrected chi connectivity index (χ0v) is 6.05. The molecule has 0 saturated carbocycles. The van der Waals surface area contributed by atoms with E-state index in [0.29, 0.717) is 6.42 Å². The second-order valence-corrected chi connectivity index (χ2v) is 2.19. The maximum atomic E-state index is 10.6. The third-order valence-electron chi connectivity index (χ3n) is 1.15. The van der Waals surface area contributed by atoms with Crippen LogP contribution in [0.5, 0.6) is 0 Å². The lowest BCUT2D eigenvalue weighted by Crippen LogP contribution is -2.25. The molecule has 0 aromatic carbocycles. The monoisotopic (exact) mass is 143 g/mol. The molecule has 0 radical (unpaired) electrons. The third kappa shape index (κ3) is 5.28. The summed E-state index contributed by atoms with van der Waals surface area (Å²) in [6.45, 7) is 1.95. The van der Waals surface area contributed by atoms with E-state index in [1.54, 1.807) is 0 Å². The Morgan fingerprint density at radius 3 is 2.40 bits per heavy atom. The van der Waals surface area contributed by atoms with Crippen LogP contribution in [-0.2, 0) is 9.59 Å². The molecule has 0 amide bonds. The Balaban J connectivity index is 3.35. The molecule has 0 atom stereocenters. The first-order valence-corrected chi connectivity index (χ1v) is 3.38. The van der Waals surface area contributed by atoms with Gasteiger partial charge in [0.1, 0.15) is 5.78 Å². The molecular formula is C7H11O3-. The van der Waals surface area contributed by atoms with Crippen LogP contribution in [0.1, 0.15) is 32.6 Å². The van der Waals surface area contributed by atoms with Crippen molar-refractivity contribution in [2.45, 2.75) is 32.6 Å². The molecule has 3 nitrogen and oxygen atoms in total.